The molecule has 1 aromatic rings. The fourth-order valence-corrected chi connectivity index (χ4v) is 1.44. The number of hydrogen-bond acceptors (Lipinski definition) is 4. The van der Waals surface area contributed by atoms with E-state index in [-0.39, 0.29) is 12.6 Å². The van der Waals surface area contributed by atoms with Gasteiger partial charge in [-0.3, -0.25) is 0 Å². The first-order valence-corrected chi connectivity index (χ1v) is 5.31. The number of hydrogen-bond donors (Lipinski definition) is 2. The summed E-state index contributed by atoms with van der Waals surface area (Å²) in [7, 11) is 1.57. The van der Waals surface area contributed by atoms with Gasteiger partial charge in [0.05, 0.1) is 19.3 Å². The summed E-state index contributed by atoms with van der Waals surface area (Å²) >= 11 is 0. The van der Waals surface area contributed by atoms with Gasteiger partial charge in [0.25, 0.3) is 0 Å². The average molecular weight is 225 g/mol. The molecule has 0 amide bonds. The van der Waals surface area contributed by atoms with Crippen LogP contribution in [0.4, 0.5) is 0 Å². The van der Waals surface area contributed by atoms with Gasteiger partial charge < -0.3 is 20.3 Å². The van der Waals surface area contributed by atoms with Crippen molar-refractivity contribution in [1.82, 2.24) is 0 Å². The van der Waals surface area contributed by atoms with Gasteiger partial charge in [-0.15, -0.1) is 0 Å². The van der Waals surface area contributed by atoms with Crippen LogP contribution in [-0.2, 0) is 0 Å². The molecule has 90 valence electrons. The molecule has 4 heteroatoms. The zero-order valence-corrected chi connectivity index (χ0v) is 9.93. The fourth-order valence-electron chi connectivity index (χ4n) is 1.44. The minimum atomic E-state index is -0.733. The zero-order chi connectivity index (χ0) is 12.1. The molecule has 0 aliphatic rings. The van der Waals surface area contributed by atoms with E-state index in [1.165, 1.54) is 0 Å². The Morgan fingerprint density at radius 3 is 2.56 bits per heavy atom. The first-order chi connectivity index (χ1) is 7.60. The molecule has 0 heterocycles. The largest absolute Gasteiger partial charge is 0.493 e. The molecule has 0 aliphatic heterocycles. The van der Waals surface area contributed by atoms with Crippen molar-refractivity contribution in [2.45, 2.75) is 26.1 Å². The molecule has 0 spiro atoms. The van der Waals surface area contributed by atoms with Crippen LogP contribution in [0.5, 0.6) is 11.5 Å². The van der Waals surface area contributed by atoms with E-state index in [0.29, 0.717) is 17.1 Å². The summed E-state index contributed by atoms with van der Waals surface area (Å²) in [6.45, 7) is 4.00. The molecule has 0 saturated carbocycles. The second-order valence-electron chi connectivity index (χ2n) is 3.80. The standard InChI is InChI=1S/C12H19NO3/c1-8(2)16-12-9(10(14)7-13)5-4-6-11(12)15-3/h4-6,8,10,14H,7,13H2,1-3H3. The first kappa shape index (κ1) is 12.8. The Labute approximate surface area is 96.0 Å². The summed E-state index contributed by atoms with van der Waals surface area (Å²) < 4.78 is 10.9. The highest BCUT2D eigenvalue weighted by atomic mass is 16.5. The van der Waals surface area contributed by atoms with Crippen LogP contribution in [0.25, 0.3) is 0 Å². The first-order valence-electron chi connectivity index (χ1n) is 5.31. The Bertz CT molecular complexity index is 339. The van der Waals surface area contributed by atoms with Crippen LogP contribution in [-0.4, -0.2) is 24.9 Å². The molecule has 0 bridgehead atoms. The lowest BCUT2D eigenvalue weighted by Gasteiger charge is -2.19. The monoisotopic (exact) mass is 225 g/mol. The molecule has 3 N–H and O–H groups in total. The van der Waals surface area contributed by atoms with Crippen molar-refractivity contribution in [3.8, 4) is 11.5 Å². The topological polar surface area (TPSA) is 64.7 Å². The molecule has 0 aromatic heterocycles. The lowest BCUT2D eigenvalue weighted by molar-refractivity contribution is 0.170. The number of aliphatic hydroxyl groups is 1. The SMILES string of the molecule is COc1cccc(C(O)CN)c1OC(C)C. The van der Waals surface area contributed by atoms with Crippen LogP contribution in [0.3, 0.4) is 0 Å². The number of aliphatic hydroxyl groups excluding tert-OH is 1. The van der Waals surface area contributed by atoms with Crippen LogP contribution in [0, 0.1) is 0 Å². The van der Waals surface area contributed by atoms with E-state index in [9.17, 15) is 5.11 Å². The molecule has 0 fully saturated rings. The summed E-state index contributed by atoms with van der Waals surface area (Å²) in [4.78, 5) is 0. The van der Waals surface area contributed by atoms with Crippen LogP contribution >= 0.6 is 0 Å². The highest BCUT2D eigenvalue weighted by Gasteiger charge is 2.17. The highest BCUT2D eigenvalue weighted by molar-refractivity contribution is 5.47. The van der Waals surface area contributed by atoms with E-state index in [4.69, 9.17) is 15.2 Å². The van der Waals surface area contributed by atoms with E-state index >= 15 is 0 Å². The summed E-state index contributed by atoms with van der Waals surface area (Å²) in [5.41, 5.74) is 6.11. The van der Waals surface area contributed by atoms with Gasteiger partial charge in [-0.05, 0) is 19.9 Å². The third-order valence-corrected chi connectivity index (χ3v) is 2.17. The molecule has 0 radical (unpaired) electrons. The van der Waals surface area contributed by atoms with Crippen molar-refractivity contribution >= 4 is 0 Å². The third-order valence-electron chi connectivity index (χ3n) is 2.17. The van der Waals surface area contributed by atoms with E-state index in [1.54, 1.807) is 25.3 Å². The van der Waals surface area contributed by atoms with Crippen LogP contribution < -0.4 is 15.2 Å². The maximum Gasteiger partial charge on any atom is 0.167 e. The summed E-state index contributed by atoms with van der Waals surface area (Å²) in [5, 5.41) is 9.78. The molecule has 1 rings (SSSR count). The van der Waals surface area contributed by atoms with Crippen LogP contribution in [0.1, 0.15) is 25.5 Å². The highest BCUT2D eigenvalue weighted by Crippen LogP contribution is 2.35. The van der Waals surface area contributed by atoms with Gasteiger partial charge >= 0.3 is 0 Å². The zero-order valence-electron chi connectivity index (χ0n) is 9.93. The van der Waals surface area contributed by atoms with Gasteiger partial charge in [0, 0.05) is 12.1 Å². The Morgan fingerprint density at radius 1 is 1.38 bits per heavy atom. The maximum atomic E-state index is 9.78. The smallest absolute Gasteiger partial charge is 0.167 e. The number of para-hydroxylation sites is 1. The number of rotatable bonds is 5. The van der Waals surface area contributed by atoms with Gasteiger partial charge in [-0.2, -0.15) is 0 Å². The van der Waals surface area contributed by atoms with Gasteiger partial charge in [0.15, 0.2) is 11.5 Å². The van der Waals surface area contributed by atoms with Gasteiger partial charge in [-0.1, -0.05) is 12.1 Å². The van der Waals surface area contributed by atoms with Gasteiger partial charge in [0.1, 0.15) is 0 Å². The molecule has 16 heavy (non-hydrogen) atoms. The molecule has 0 aliphatic carbocycles. The van der Waals surface area contributed by atoms with Crippen LogP contribution in [0.15, 0.2) is 18.2 Å². The molecular weight excluding hydrogens is 206 g/mol. The number of benzene rings is 1. The quantitative estimate of drug-likeness (QED) is 0.796. The van der Waals surface area contributed by atoms with Crippen molar-refractivity contribution in [1.29, 1.82) is 0 Å². The maximum absolute atomic E-state index is 9.78. The Balaban J connectivity index is 3.14. The minimum Gasteiger partial charge on any atom is -0.493 e. The van der Waals surface area contributed by atoms with Crippen molar-refractivity contribution in [2.75, 3.05) is 13.7 Å². The number of nitrogens with two attached hydrogens (primary N) is 1. The average Bonchev–Trinajstić information content (AvgIpc) is 2.27. The molecule has 4 nitrogen and oxygen atoms in total. The minimum absolute atomic E-state index is 0.0139. The number of ether oxygens (including phenoxy) is 2. The second-order valence-corrected chi connectivity index (χ2v) is 3.80. The van der Waals surface area contributed by atoms with Crippen molar-refractivity contribution in [3.63, 3.8) is 0 Å². The van der Waals surface area contributed by atoms with Crippen molar-refractivity contribution in [3.05, 3.63) is 23.8 Å². The van der Waals surface area contributed by atoms with E-state index in [0.717, 1.165) is 0 Å². The molecule has 1 unspecified atom stereocenters. The lowest BCUT2D eigenvalue weighted by atomic mass is 10.1. The second kappa shape index (κ2) is 5.72. The Morgan fingerprint density at radius 2 is 2.06 bits per heavy atom. The predicted octanol–water partition coefficient (Wildman–Crippen LogP) is 1.47. The predicted molar refractivity (Wildman–Crippen MR) is 62.8 cm³/mol. The molecule has 1 atom stereocenters. The third kappa shape index (κ3) is 2.87. The van der Waals surface area contributed by atoms with Crippen molar-refractivity contribution < 1.29 is 14.6 Å². The number of methoxy groups -OCH3 is 1. The Kier molecular flexibility index (Phi) is 4.58. The van der Waals surface area contributed by atoms with Gasteiger partial charge in [-0.25, -0.2) is 0 Å². The van der Waals surface area contributed by atoms with Gasteiger partial charge in [0.2, 0.25) is 0 Å². The molecule has 1 aromatic carbocycles. The van der Waals surface area contributed by atoms with E-state index < -0.39 is 6.10 Å². The Hall–Kier alpha value is -1.26. The molecule has 0 saturated heterocycles. The summed E-state index contributed by atoms with van der Waals surface area (Å²) in [5.74, 6) is 1.18. The lowest BCUT2D eigenvalue weighted by Crippen LogP contribution is -2.15. The van der Waals surface area contributed by atoms with Crippen molar-refractivity contribution in [2.24, 2.45) is 5.73 Å². The molecular formula is C12H19NO3. The van der Waals surface area contributed by atoms with E-state index in [1.807, 2.05) is 13.8 Å². The normalized spacial score (nSPS) is 12.6. The fraction of sp³-hybridized carbons (Fsp3) is 0.500. The summed E-state index contributed by atoms with van der Waals surface area (Å²) in [6, 6.07) is 5.39. The summed E-state index contributed by atoms with van der Waals surface area (Å²) in [6.07, 6.45) is -0.719. The van der Waals surface area contributed by atoms with E-state index in [2.05, 4.69) is 0 Å². The van der Waals surface area contributed by atoms with Crippen LogP contribution in [0.2, 0.25) is 0 Å².